The van der Waals surface area contributed by atoms with E-state index in [1.54, 1.807) is 80.9 Å². The Hall–Kier alpha value is -4.11. The van der Waals surface area contributed by atoms with E-state index in [0.29, 0.717) is 50.9 Å². The molecule has 4 rings (SSSR count). The Bertz CT molecular complexity index is 1480. The largest absolute Gasteiger partial charge is 0.497 e. The number of amides is 1. The molecule has 0 radical (unpaired) electrons. The number of ketones is 1. The van der Waals surface area contributed by atoms with Crippen LogP contribution in [0.5, 0.6) is 11.5 Å². The van der Waals surface area contributed by atoms with Crippen molar-refractivity contribution < 1.29 is 19.1 Å². The molecule has 1 N–H and O–H groups in total. The Morgan fingerprint density at radius 2 is 1.54 bits per heavy atom. The number of fused-ring (bicyclic) bond motifs is 1. The van der Waals surface area contributed by atoms with Crippen LogP contribution in [-0.2, 0) is 0 Å². The number of rotatable bonds is 10. The van der Waals surface area contributed by atoms with Crippen molar-refractivity contribution in [3.63, 3.8) is 0 Å². The summed E-state index contributed by atoms with van der Waals surface area (Å²) in [4.78, 5) is 43.7. The van der Waals surface area contributed by atoms with Crippen LogP contribution in [0, 0.1) is 0 Å². The van der Waals surface area contributed by atoms with Crippen molar-refractivity contribution in [3.8, 4) is 17.2 Å². The van der Waals surface area contributed by atoms with Crippen LogP contribution in [-0.4, -0.2) is 47.8 Å². The van der Waals surface area contributed by atoms with Crippen molar-refractivity contribution in [1.29, 1.82) is 0 Å². The first kappa shape index (κ1) is 26.0. The molecule has 0 aliphatic heterocycles. The third-order valence-corrected chi connectivity index (χ3v) is 6.65. The monoisotopic (exact) mass is 517 g/mol. The van der Waals surface area contributed by atoms with Crippen LogP contribution in [0.4, 0.5) is 0 Å². The van der Waals surface area contributed by atoms with Crippen molar-refractivity contribution in [1.82, 2.24) is 14.9 Å². The van der Waals surface area contributed by atoms with Crippen LogP contribution < -0.4 is 20.3 Å². The van der Waals surface area contributed by atoms with Crippen LogP contribution in [0.25, 0.3) is 16.6 Å². The molecule has 0 aliphatic rings. The fraction of sp³-hybridized carbons (Fsp3) is 0.214. The van der Waals surface area contributed by atoms with Crippen LogP contribution >= 0.6 is 11.8 Å². The molecule has 0 bridgehead atoms. The smallest absolute Gasteiger partial charge is 0.266 e. The van der Waals surface area contributed by atoms with Gasteiger partial charge >= 0.3 is 0 Å². The maximum atomic E-state index is 13.6. The predicted molar refractivity (Wildman–Crippen MR) is 145 cm³/mol. The van der Waals surface area contributed by atoms with Gasteiger partial charge in [0.15, 0.2) is 10.9 Å². The minimum absolute atomic E-state index is 0.0666. The summed E-state index contributed by atoms with van der Waals surface area (Å²) in [5, 5.41) is 3.55. The van der Waals surface area contributed by atoms with Crippen molar-refractivity contribution in [2.24, 2.45) is 0 Å². The van der Waals surface area contributed by atoms with Crippen LogP contribution in [0.1, 0.15) is 34.1 Å². The first-order valence-electron chi connectivity index (χ1n) is 11.7. The molecule has 0 spiro atoms. The van der Waals surface area contributed by atoms with E-state index in [2.05, 4.69) is 5.32 Å². The van der Waals surface area contributed by atoms with E-state index in [4.69, 9.17) is 14.5 Å². The molecule has 0 atom stereocenters. The zero-order valence-electron chi connectivity index (χ0n) is 20.8. The van der Waals surface area contributed by atoms with Crippen molar-refractivity contribution in [3.05, 3.63) is 88.2 Å². The molecule has 0 aliphatic carbocycles. The average Bonchev–Trinajstić information content (AvgIpc) is 2.94. The summed E-state index contributed by atoms with van der Waals surface area (Å²) in [7, 11) is 3.13. The van der Waals surface area contributed by atoms with E-state index in [1.165, 1.54) is 4.57 Å². The topological polar surface area (TPSA) is 99.5 Å². The van der Waals surface area contributed by atoms with Gasteiger partial charge in [-0.05, 0) is 73.2 Å². The Labute approximate surface area is 218 Å². The second-order valence-corrected chi connectivity index (χ2v) is 9.10. The quantitative estimate of drug-likeness (QED) is 0.188. The lowest BCUT2D eigenvalue weighted by Crippen LogP contribution is -2.25. The van der Waals surface area contributed by atoms with Gasteiger partial charge in [0, 0.05) is 17.7 Å². The number of thioether (sulfide) groups is 1. The lowest BCUT2D eigenvalue weighted by molar-refractivity contribution is 0.0952. The van der Waals surface area contributed by atoms with Gasteiger partial charge in [-0.25, -0.2) is 4.98 Å². The van der Waals surface area contributed by atoms with Crippen LogP contribution in [0.15, 0.2) is 76.7 Å². The van der Waals surface area contributed by atoms with Gasteiger partial charge in [-0.1, -0.05) is 18.7 Å². The molecular formula is C28H27N3O5S. The number of nitrogens with zero attached hydrogens (tertiary/aromatic N) is 2. The van der Waals surface area contributed by atoms with Gasteiger partial charge < -0.3 is 14.8 Å². The van der Waals surface area contributed by atoms with E-state index in [0.717, 1.165) is 18.2 Å². The molecular weight excluding hydrogens is 490 g/mol. The number of hydrogen-bond acceptors (Lipinski definition) is 7. The molecule has 4 aromatic rings. The third kappa shape index (κ3) is 5.83. The van der Waals surface area contributed by atoms with Gasteiger partial charge in [-0.3, -0.25) is 19.0 Å². The Morgan fingerprint density at radius 1 is 0.919 bits per heavy atom. The van der Waals surface area contributed by atoms with E-state index in [-0.39, 0.29) is 23.0 Å². The summed E-state index contributed by atoms with van der Waals surface area (Å²) >= 11 is 1.16. The minimum atomic E-state index is -0.296. The predicted octanol–water partition coefficient (Wildman–Crippen LogP) is 4.52. The fourth-order valence-corrected chi connectivity index (χ4v) is 4.60. The number of aromatic nitrogens is 2. The van der Waals surface area contributed by atoms with Gasteiger partial charge in [-0.2, -0.15) is 0 Å². The first-order chi connectivity index (χ1) is 17.9. The summed E-state index contributed by atoms with van der Waals surface area (Å²) in [6, 6.07) is 18.7. The Balaban J connectivity index is 1.74. The number of carbonyl (C=O) groups is 2. The van der Waals surface area contributed by atoms with Gasteiger partial charge in [0.25, 0.3) is 11.5 Å². The van der Waals surface area contributed by atoms with E-state index >= 15 is 0 Å². The normalized spacial score (nSPS) is 10.8. The molecule has 0 fully saturated rings. The zero-order chi connectivity index (χ0) is 26.4. The number of carbonyl (C=O) groups excluding carboxylic acids is 2. The van der Waals surface area contributed by atoms with E-state index < -0.39 is 0 Å². The molecule has 1 heterocycles. The molecule has 0 saturated heterocycles. The average molecular weight is 518 g/mol. The Morgan fingerprint density at radius 3 is 2.16 bits per heavy atom. The zero-order valence-corrected chi connectivity index (χ0v) is 21.6. The molecule has 3 aromatic carbocycles. The number of benzene rings is 3. The number of ether oxygens (including phenoxy) is 2. The van der Waals surface area contributed by atoms with E-state index in [1.807, 2.05) is 6.92 Å². The van der Waals surface area contributed by atoms with E-state index in [9.17, 15) is 14.4 Å². The maximum Gasteiger partial charge on any atom is 0.266 e. The van der Waals surface area contributed by atoms with Gasteiger partial charge in [-0.15, -0.1) is 0 Å². The van der Waals surface area contributed by atoms with Gasteiger partial charge in [0.2, 0.25) is 0 Å². The molecule has 190 valence electrons. The lowest BCUT2D eigenvalue weighted by Gasteiger charge is -2.14. The lowest BCUT2D eigenvalue weighted by atomic mass is 10.1. The first-order valence-corrected chi connectivity index (χ1v) is 12.7. The summed E-state index contributed by atoms with van der Waals surface area (Å²) in [6.45, 7) is 2.53. The fourth-order valence-electron chi connectivity index (χ4n) is 3.69. The summed E-state index contributed by atoms with van der Waals surface area (Å²) in [5.74, 6) is 1.03. The summed E-state index contributed by atoms with van der Waals surface area (Å²) in [6.07, 6.45) is 0.813. The third-order valence-electron chi connectivity index (χ3n) is 5.71. The molecule has 1 amide bonds. The number of methoxy groups -OCH3 is 2. The molecule has 1 aromatic heterocycles. The molecule has 0 saturated carbocycles. The Kier molecular flexibility index (Phi) is 8.25. The highest BCUT2D eigenvalue weighted by atomic mass is 32.2. The van der Waals surface area contributed by atoms with Crippen LogP contribution in [0.3, 0.4) is 0 Å². The maximum absolute atomic E-state index is 13.6. The second-order valence-electron chi connectivity index (χ2n) is 8.16. The second kappa shape index (κ2) is 11.7. The van der Waals surface area contributed by atoms with Gasteiger partial charge in [0.1, 0.15) is 11.5 Å². The molecule has 37 heavy (non-hydrogen) atoms. The minimum Gasteiger partial charge on any atom is -0.497 e. The number of Topliss-reactive ketones (excluding diaryl/α,β-unsaturated/α-hetero) is 1. The highest BCUT2D eigenvalue weighted by Gasteiger charge is 2.17. The van der Waals surface area contributed by atoms with Gasteiger partial charge in [0.05, 0.1) is 36.6 Å². The van der Waals surface area contributed by atoms with Crippen LogP contribution in [0.2, 0.25) is 0 Å². The number of hydrogen-bond donors (Lipinski definition) is 1. The number of nitrogens with one attached hydrogen (secondary N) is 1. The molecule has 9 heteroatoms. The standard InChI is InChI=1S/C28H27N3O5S/c1-4-15-29-26(33)19-7-14-23-24(16-19)30-28(31(27(23)34)20-8-12-22(36-3)13-9-20)37-17-25(32)18-5-10-21(35-2)11-6-18/h5-14,16H,4,15,17H2,1-3H3,(H,29,33). The van der Waals surface area contributed by atoms with Crippen molar-refractivity contribution in [2.75, 3.05) is 26.5 Å². The molecule has 8 nitrogen and oxygen atoms in total. The molecule has 0 unspecified atom stereocenters. The summed E-state index contributed by atoms with van der Waals surface area (Å²) in [5.41, 5.74) is 1.63. The highest BCUT2D eigenvalue weighted by molar-refractivity contribution is 7.99. The SMILES string of the molecule is CCCNC(=O)c1ccc2c(=O)n(-c3ccc(OC)cc3)c(SCC(=O)c3ccc(OC)cc3)nc2c1. The summed E-state index contributed by atoms with van der Waals surface area (Å²) < 4.78 is 11.9. The van der Waals surface area contributed by atoms with Crippen molar-refractivity contribution >= 4 is 34.4 Å². The highest BCUT2D eigenvalue weighted by Crippen LogP contribution is 2.24. The van der Waals surface area contributed by atoms with Crippen molar-refractivity contribution in [2.45, 2.75) is 18.5 Å².